The fraction of sp³-hybridized carbons (Fsp3) is 0.391. The number of rotatable bonds is 8. The molecule has 0 saturated carbocycles. The van der Waals surface area contributed by atoms with Crippen molar-refractivity contribution < 1.29 is 18.0 Å². The first kappa shape index (κ1) is 23.0. The molecule has 1 fully saturated rings. The molecule has 1 saturated heterocycles. The Labute approximate surface area is 183 Å². The Hall–Kier alpha value is -2.71. The van der Waals surface area contributed by atoms with Crippen molar-refractivity contribution in [2.75, 3.05) is 13.1 Å². The average Bonchev–Trinajstić information content (AvgIpc) is 2.78. The normalized spacial score (nSPS) is 15.8. The molecule has 1 atom stereocenters. The van der Waals surface area contributed by atoms with Gasteiger partial charge in [0, 0.05) is 26.6 Å². The monoisotopic (exact) mass is 443 g/mol. The van der Waals surface area contributed by atoms with E-state index in [4.69, 9.17) is 0 Å². The summed E-state index contributed by atoms with van der Waals surface area (Å²) in [4.78, 5) is 24.3. The maximum atomic E-state index is 12.9. The summed E-state index contributed by atoms with van der Waals surface area (Å²) in [7, 11) is -3.52. The number of sulfonamides is 1. The van der Waals surface area contributed by atoms with Gasteiger partial charge in [0.2, 0.25) is 21.8 Å². The number of hydrogen-bond donors (Lipinski definition) is 2. The summed E-state index contributed by atoms with van der Waals surface area (Å²) < 4.78 is 27.3. The minimum absolute atomic E-state index is 0.0926. The Morgan fingerprint density at radius 3 is 2.39 bits per heavy atom. The second kappa shape index (κ2) is 10.5. The largest absolute Gasteiger partial charge is 0.352 e. The first-order valence-electron chi connectivity index (χ1n) is 10.5. The zero-order chi connectivity index (χ0) is 22.3. The molecule has 166 valence electrons. The number of piperidine rings is 1. The summed E-state index contributed by atoms with van der Waals surface area (Å²) in [5.74, 6) is -0.441. The van der Waals surface area contributed by atoms with Crippen molar-refractivity contribution in [3.05, 3.63) is 65.7 Å². The quantitative estimate of drug-likeness (QED) is 0.656. The predicted octanol–water partition coefficient (Wildman–Crippen LogP) is 2.74. The molecule has 1 aliphatic rings. The number of carbonyl (C=O) groups excluding carboxylic acids is 2. The van der Waals surface area contributed by atoms with E-state index in [1.807, 2.05) is 30.3 Å². The standard InChI is InChI=1S/C23H29N3O4S/c1-18(27)25-22(20-10-4-2-5-11-20)16-23(28)24-17-19-9-8-12-21(15-19)31(29,30)26-13-6-3-7-14-26/h2,4-5,8-12,15,22H,3,6-7,13-14,16-17H2,1H3,(H,24,28)(H,25,27). The van der Waals surface area contributed by atoms with Crippen LogP contribution in [0.15, 0.2) is 59.5 Å². The molecule has 2 aromatic carbocycles. The van der Waals surface area contributed by atoms with E-state index in [0.717, 1.165) is 24.8 Å². The molecule has 2 N–H and O–H groups in total. The Balaban J connectivity index is 1.63. The van der Waals surface area contributed by atoms with Crippen molar-refractivity contribution in [2.45, 2.75) is 50.1 Å². The second-order valence-electron chi connectivity index (χ2n) is 7.76. The molecular formula is C23H29N3O4S. The first-order chi connectivity index (χ1) is 14.9. The van der Waals surface area contributed by atoms with E-state index in [1.54, 1.807) is 24.3 Å². The summed E-state index contributed by atoms with van der Waals surface area (Å²) in [6, 6.07) is 15.6. The third-order valence-electron chi connectivity index (χ3n) is 5.31. The minimum atomic E-state index is -3.52. The lowest BCUT2D eigenvalue weighted by Gasteiger charge is -2.26. The highest BCUT2D eigenvalue weighted by atomic mass is 32.2. The van der Waals surface area contributed by atoms with Crippen LogP contribution in [0.25, 0.3) is 0 Å². The molecule has 0 radical (unpaired) electrons. The topological polar surface area (TPSA) is 95.6 Å². The van der Waals surface area contributed by atoms with Crippen molar-refractivity contribution >= 4 is 21.8 Å². The fourth-order valence-electron chi connectivity index (χ4n) is 3.71. The van der Waals surface area contributed by atoms with Crippen LogP contribution in [0.1, 0.15) is 49.8 Å². The lowest BCUT2D eigenvalue weighted by molar-refractivity contribution is -0.122. The maximum Gasteiger partial charge on any atom is 0.243 e. The van der Waals surface area contributed by atoms with Gasteiger partial charge in [-0.15, -0.1) is 0 Å². The molecule has 0 bridgehead atoms. The Morgan fingerprint density at radius 1 is 1.00 bits per heavy atom. The van der Waals surface area contributed by atoms with E-state index in [-0.39, 0.29) is 29.7 Å². The van der Waals surface area contributed by atoms with Crippen molar-refractivity contribution in [1.29, 1.82) is 0 Å². The summed E-state index contributed by atoms with van der Waals surface area (Å²) in [5.41, 5.74) is 1.56. The van der Waals surface area contributed by atoms with E-state index in [9.17, 15) is 18.0 Å². The number of nitrogens with zero attached hydrogens (tertiary/aromatic N) is 1. The number of carbonyl (C=O) groups is 2. The molecule has 31 heavy (non-hydrogen) atoms. The van der Waals surface area contributed by atoms with E-state index in [2.05, 4.69) is 10.6 Å². The zero-order valence-corrected chi connectivity index (χ0v) is 18.5. The van der Waals surface area contributed by atoms with Crippen molar-refractivity contribution in [3.63, 3.8) is 0 Å². The Kier molecular flexibility index (Phi) is 7.81. The van der Waals surface area contributed by atoms with Crippen LogP contribution >= 0.6 is 0 Å². The summed E-state index contributed by atoms with van der Waals surface area (Å²) in [6.07, 6.45) is 2.91. The van der Waals surface area contributed by atoms with Crippen LogP contribution in [0.2, 0.25) is 0 Å². The molecule has 0 aromatic heterocycles. The van der Waals surface area contributed by atoms with E-state index < -0.39 is 16.1 Å². The first-order valence-corrected chi connectivity index (χ1v) is 12.0. The number of nitrogens with one attached hydrogen (secondary N) is 2. The number of benzene rings is 2. The van der Waals surface area contributed by atoms with E-state index in [0.29, 0.717) is 18.7 Å². The third-order valence-corrected chi connectivity index (χ3v) is 7.20. The lowest BCUT2D eigenvalue weighted by Crippen LogP contribution is -2.35. The molecule has 2 amide bonds. The van der Waals surface area contributed by atoms with Crippen molar-refractivity contribution in [1.82, 2.24) is 14.9 Å². The SMILES string of the molecule is CC(=O)NC(CC(=O)NCc1cccc(S(=O)(=O)N2CCCCC2)c1)c1ccccc1. The molecule has 7 nitrogen and oxygen atoms in total. The second-order valence-corrected chi connectivity index (χ2v) is 9.69. The third kappa shape index (κ3) is 6.38. The van der Waals surface area contributed by atoms with Crippen LogP contribution < -0.4 is 10.6 Å². The molecule has 0 spiro atoms. The van der Waals surface area contributed by atoms with Gasteiger partial charge in [-0.2, -0.15) is 4.31 Å². The van der Waals surface area contributed by atoms with Gasteiger partial charge in [-0.05, 0) is 36.1 Å². The molecule has 8 heteroatoms. The maximum absolute atomic E-state index is 12.9. The summed E-state index contributed by atoms with van der Waals surface area (Å²) in [5, 5.41) is 5.64. The highest BCUT2D eigenvalue weighted by molar-refractivity contribution is 7.89. The zero-order valence-electron chi connectivity index (χ0n) is 17.7. The molecule has 2 aromatic rings. The van der Waals surface area contributed by atoms with Gasteiger partial charge >= 0.3 is 0 Å². The predicted molar refractivity (Wildman–Crippen MR) is 119 cm³/mol. The van der Waals surface area contributed by atoms with Gasteiger partial charge in [0.25, 0.3) is 0 Å². The van der Waals surface area contributed by atoms with Gasteiger partial charge in [0.1, 0.15) is 0 Å². The molecule has 1 unspecified atom stereocenters. The lowest BCUT2D eigenvalue weighted by atomic mass is 10.0. The highest BCUT2D eigenvalue weighted by Gasteiger charge is 2.26. The Morgan fingerprint density at radius 2 is 1.71 bits per heavy atom. The van der Waals surface area contributed by atoms with Gasteiger partial charge in [0.05, 0.1) is 17.4 Å². The molecule has 1 aliphatic heterocycles. The van der Waals surface area contributed by atoms with Gasteiger partial charge in [0.15, 0.2) is 0 Å². The van der Waals surface area contributed by atoms with Crippen LogP contribution in [-0.4, -0.2) is 37.6 Å². The van der Waals surface area contributed by atoms with Crippen LogP contribution in [0, 0.1) is 0 Å². The fourth-order valence-corrected chi connectivity index (χ4v) is 5.30. The molecule has 1 heterocycles. The van der Waals surface area contributed by atoms with E-state index in [1.165, 1.54) is 11.2 Å². The molecular weight excluding hydrogens is 414 g/mol. The van der Waals surface area contributed by atoms with Crippen LogP contribution in [0.3, 0.4) is 0 Å². The summed E-state index contributed by atoms with van der Waals surface area (Å²) >= 11 is 0. The van der Waals surface area contributed by atoms with Gasteiger partial charge in [-0.3, -0.25) is 9.59 Å². The molecule has 0 aliphatic carbocycles. The van der Waals surface area contributed by atoms with Crippen LogP contribution in [-0.2, 0) is 26.2 Å². The number of hydrogen-bond acceptors (Lipinski definition) is 4. The van der Waals surface area contributed by atoms with Gasteiger partial charge < -0.3 is 10.6 Å². The average molecular weight is 444 g/mol. The Bertz CT molecular complexity index is 1000. The number of amides is 2. The van der Waals surface area contributed by atoms with Crippen LogP contribution in [0.5, 0.6) is 0 Å². The smallest absolute Gasteiger partial charge is 0.243 e. The molecule has 3 rings (SSSR count). The van der Waals surface area contributed by atoms with E-state index >= 15 is 0 Å². The highest BCUT2D eigenvalue weighted by Crippen LogP contribution is 2.21. The summed E-state index contributed by atoms with van der Waals surface area (Å²) in [6.45, 7) is 2.73. The van der Waals surface area contributed by atoms with Crippen molar-refractivity contribution in [2.24, 2.45) is 0 Å². The minimum Gasteiger partial charge on any atom is -0.352 e. The van der Waals surface area contributed by atoms with Gasteiger partial charge in [-0.25, -0.2) is 8.42 Å². The van der Waals surface area contributed by atoms with Gasteiger partial charge in [-0.1, -0.05) is 48.9 Å². The van der Waals surface area contributed by atoms with Crippen molar-refractivity contribution in [3.8, 4) is 0 Å². The van der Waals surface area contributed by atoms with Crippen LogP contribution in [0.4, 0.5) is 0 Å².